The van der Waals surface area contributed by atoms with Gasteiger partial charge in [0.05, 0.1) is 11.5 Å². The van der Waals surface area contributed by atoms with Crippen LogP contribution in [0.25, 0.3) is 0 Å². The molecule has 2 amide bonds. The number of anilines is 2. The van der Waals surface area contributed by atoms with Crippen LogP contribution in [0.15, 0.2) is 28.8 Å². The summed E-state index contributed by atoms with van der Waals surface area (Å²) in [6, 6.07) is 5.78. The van der Waals surface area contributed by atoms with E-state index in [2.05, 4.69) is 15.8 Å². The molecule has 0 saturated carbocycles. The standard InChI is InChI=1S/C15H16FN3O3S/c1-9-3-4-11(16)6-12(9)17-14(20)7-23-8-15(21)18-13-5-10(2)22-19-13/h3-6H,7-8H2,1-2H3,(H,17,20)(H,18,19,21). The molecule has 6 nitrogen and oxygen atoms in total. The van der Waals surface area contributed by atoms with Crippen LogP contribution in [0.1, 0.15) is 11.3 Å². The van der Waals surface area contributed by atoms with Gasteiger partial charge in [0, 0.05) is 11.8 Å². The number of hydrogen-bond acceptors (Lipinski definition) is 5. The topological polar surface area (TPSA) is 84.2 Å². The van der Waals surface area contributed by atoms with Gasteiger partial charge in [0.25, 0.3) is 0 Å². The number of nitrogens with zero attached hydrogens (tertiary/aromatic N) is 1. The van der Waals surface area contributed by atoms with Gasteiger partial charge in [0.2, 0.25) is 11.8 Å². The molecule has 0 atom stereocenters. The lowest BCUT2D eigenvalue weighted by molar-refractivity contribution is -0.114. The minimum Gasteiger partial charge on any atom is -0.360 e. The monoisotopic (exact) mass is 337 g/mol. The van der Waals surface area contributed by atoms with E-state index >= 15 is 0 Å². The third-order valence-corrected chi connectivity index (χ3v) is 3.77. The quantitative estimate of drug-likeness (QED) is 0.847. The summed E-state index contributed by atoms with van der Waals surface area (Å²) in [5.74, 6) is 0.126. The van der Waals surface area contributed by atoms with E-state index in [1.54, 1.807) is 26.0 Å². The van der Waals surface area contributed by atoms with Crippen LogP contribution >= 0.6 is 11.8 Å². The van der Waals surface area contributed by atoms with Crippen molar-refractivity contribution in [1.29, 1.82) is 0 Å². The van der Waals surface area contributed by atoms with Crippen LogP contribution in [-0.4, -0.2) is 28.5 Å². The number of aromatic nitrogens is 1. The van der Waals surface area contributed by atoms with Crippen molar-refractivity contribution in [2.75, 3.05) is 22.1 Å². The molecule has 0 saturated heterocycles. The molecule has 0 unspecified atom stereocenters. The molecule has 0 aliphatic heterocycles. The fourth-order valence-electron chi connectivity index (χ4n) is 1.76. The Morgan fingerprint density at radius 3 is 2.52 bits per heavy atom. The molecule has 0 spiro atoms. The number of amides is 2. The first kappa shape index (κ1) is 17.0. The third kappa shape index (κ3) is 5.41. The molecule has 1 aromatic heterocycles. The van der Waals surface area contributed by atoms with Gasteiger partial charge in [0.15, 0.2) is 5.82 Å². The van der Waals surface area contributed by atoms with Crippen LogP contribution in [-0.2, 0) is 9.59 Å². The van der Waals surface area contributed by atoms with Crippen molar-refractivity contribution in [2.45, 2.75) is 13.8 Å². The highest BCUT2D eigenvalue weighted by molar-refractivity contribution is 8.00. The lowest BCUT2D eigenvalue weighted by atomic mass is 10.2. The number of carbonyl (C=O) groups excluding carboxylic acids is 2. The van der Waals surface area contributed by atoms with E-state index in [1.165, 1.54) is 12.1 Å². The number of benzene rings is 1. The van der Waals surface area contributed by atoms with E-state index < -0.39 is 5.82 Å². The van der Waals surface area contributed by atoms with Gasteiger partial charge in [-0.2, -0.15) is 0 Å². The highest BCUT2D eigenvalue weighted by Gasteiger charge is 2.09. The average Bonchev–Trinajstić information content (AvgIpc) is 2.88. The fourth-order valence-corrected chi connectivity index (χ4v) is 2.37. The largest absolute Gasteiger partial charge is 0.360 e. The van der Waals surface area contributed by atoms with Gasteiger partial charge in [-0.1, -0.05) is 11.2 Å². The van der Waals surface area contributed by atoms with Gasteiger partial charge in [-0.15, -0.1) is 11.8 Å². The van der Waals surface area contributed by atoms with Crippen molar-refractivity contribution in [3.05, 3.63) is 41.4 Å². The number of halogens is 1. The van der Waals surface area contributed by atoms with Crippen LogP contribution < -0.4 is 10.6 Å². The van der Waals surface area contributed by atoms with Gasteiger partial charge in [-0.25, -0.2) is 4.39 Å². The molecular weight excluding hydrogens is 321 g/mol. The molecular formula is C15H16FN3O3S. The van der Waals surface area contributed by atoms with Crippen LogP contribution in [0.4, 0.5) is 15.9 Å². The second-order valence-corrected chi connectivity index (χ2v) is 5.86. The lowest BCUT2D eigenvalue weighted by Crippen LogP contribution is -2.19. The Bertz CT molecular complexity index is 718. The van der Waals surface area contributed by atoms with Crippen molar-refractivity contribution in [3.8, 4) is 0 Å². The lowest BCUT2D eigenvalue weighted by Gasteiger charge is -2.08. The number of carbonyl (C=O) groups is 2. The predicted octanol–water partition coefficient (Wildman–Crippen LogP) is 2.74. The summed E-state index contributed by atoms with van der Waals surface area (Å²) in [4.78, 5) is 23.5. The van der Waals surface area contributed by atoms with Gasteiger partial charge in [-0.3, -0.25) is 9.59 Å². The van der Waals surface area contributed by atoms with Gasteiger partial charge >= 0.3 is 0 Å². The first-order valence-corrected chi connectivity index (χ1v) is 7.96. The number of hydrogen-bond donors (Lipinski definition) is 2. The zero-order valence-electron chi connectivity index (χ0n) is 12.7. The second-order valence-electron chi connectivity index (χ2n) is 4.87. The van der Waals surface area contributed by atoms with E-state index in [4.69, 9.17) is 4.52 Å². The molecule has 1 aromatic carbocycles. The summed E-state index contributed by atoms with van der Waals surface area (Å²) in [7, 11) is 0. The Morgan fingerprint density at radius 2 is 1.87 bits per heavy atom. The molecule has 2 N–H and O–H groups in total. The minimum atomic E-state index is -0.416. The highest BCUT2D eigenvalue weighted by Crippen LogP contribution is 2.16. The summed E-state index contributed by atoms with van der Waals surface area (Å²) < 4.78 is 18.0. The Kier molecular flexibility index (Phi) is 5.75. The Morgan fingerprint density at radius 1 is 1.17 bits per heavy atom. The Balaban J connectivity index is 1.74. The van der Waals surface area contributed by atoms with E-state index in [-0.39, 0.29) is 23.3 Å². The number of nitrogens with one attached hydrogen (secondary N) is 2. The summed E-state index contributed by atoms with van der Waals surface area (Å²) in [5.41, 5.74) is 1.20. The molecule has 0 fully saturated rings. The Hall–Kier alpha value is -2.35. The van der Waals surface area contributed by atoms with Crippen LogP contribution in [0.5, 0.6) is 0 Å². The number of thioether (sulfide) groups is 1. The molecule has 0 aliphatic rings. The highest BCUT2D eigenvalue weighted by atomic mass is 32.2. The van der Waals surface area contributed by atoms with Gasteiger partial charge in [-0.05, 0) is 31.5 Å². The molecule has 1 heterocycles. The normalized spacial score (nSPS) is 10.4. The first-order valence-electron chi connectivity index (χ1n) is 6.81. The van der Waals surface area contributed by atoms with Gasteiger partial charge < -0.3 is 15.2 Å². The maximum atomic E-state index is 13.1. The molecule has 23 heavy (non-hydrogen) atoms. The van der Waals surface area contributed by atoms with E-state index in [9.17, 15) is 14.0 Å². The zero-order valence-corrected chi connectivity index (χ0v) is 13.5. The van der Waals surface area contributed by atoms with E-state index in [1.807, 2.05) is 0 Å². The predicted molar refractivity (Wildman–Crippen MR) is 87.0 cm³/mol. The molecule has 2 rings (SSSR count). The van der Waals surface area contributed by atoms with Crippen molar-refractivity contribution in [3.63, 3.8) is 0 Å². The average molecular weight is 337 g/mol. The molecule has 0 bridgehead atoms. The zero-order chi connectivity index (χ0) is 16.8. The van der Waals surface area contributed by atoms with E-state index in [0.717, 1.165) is 17.3 Å². The number of rotatable bonds is 6. The molecule has 2 aromatic rings. The fraction of sp³-hybridized carbons (Fsp3) is 0.267. The molecule has 8 heteroatoms. The van der Waals surface area contributed by atoms with Crippen molar-refractivity contribution in [1.82, 2.24) is 5.16 Å². The van der Waals surface area contributed by atoms with Gasteiger partial charge in [0.1, 0.15) is 11.6 Å². The van der Waals surface area contributed by atoms with E-state index in [0.29, 0.717) is 17.3 Å². The summed E-state index contributed by atoms with van der Waals surface area (Å²) in [5, 5.41) is 8.82. The van der Waals surface area contributed by atoms with Crippen molar-refractivity contribution in [2.24, 2.45) is 0 Å². The van der Waals surface area contributed by atoms with Crippen LogP contribution in [0, 0.1) is 19.7 Å². The summed E-state index contributed by atoms with van der Waals surface area (Å²) >= 11 is 1.15. The maximum absolute atomic E-state index is 13.1. The Labute approximate surface area is 136 Å². The smallest absolute Gasteiger partial charge is 0.235 e. The minimum absolute atomic E-state index is 0.0845. The van der Waals surface area contributed by atoms with Crippen molar-refractivity contribution < 1.29 is 18.5 Å². The second kappa shape index (κ2) is 7.77. The van der Waals surface area contributed by atoms with Crippen LogP contribution in [0.2, 0.25) is 0 Å². The SMILES string of the molecule is Cc1cc(NC(=O)CSCC(=O)Nc2cc(F)ccc2C)no1. The first-order chi connectivity index (χ1) is 10.9. The molecule has 122 valence electrons. The summed E-state index contributed by atoms with van der Waals surface area (Å²) in [6.07, 6.45) is 0. The molecule has 0 radical (unpaired) electrons. The number of aryl methyl sites for hydroxylation is 2. The maximum Gasteiger partial charge on any atom is 0.235 e. The van der Waals surface area contributed by atoms with Crippen molar-refractivity contribution >= 4 is 35.1 Å². The third-order valence-electron chi connectivity index (χ3n) is 2.84. The molecule has 0 aliphatic carbocycles. The summed E-state index contributed by atoms with van der Waals surface area (Å²) in [6.45, 7) is 3.49. The van der Waals surface area contributed by atoms with Crippen LogP contribution in [0.3, 0.4) is 0 Å².